The summed E-state index contributed by atoms with van der Waals surface area (Å²) in [5.41, 5.74) is 0.310. The second-order valence-electron chi connectivity index (χ2n) is 5.25. The summed E-state index contributed by atoms with van der Waals surface area (Å²) in [4.78, 5) is 11.7. The molecule has 1 unspecified atom stereocenters. The van der Waals surface area contributed by atoms with Gasteiger partial charge in [-0.1, -0.05) is 32.9 Å². The molecule has 0 saturated carbocycles. The van der Waals surface area contributed by atoms with Crippen LogP contribution in [0.1, 0.15) is 32.4 Å². The van der Waals surface area contributed by atoms with Gasteiger partial charge in [-0.05, 0) is 17.7 Å². The van der Waals surface area contributed by atoms with Gasteiger partial charge in [-0.25, -0.2) is 0 Å². The minimum atomic E-state index is -0.706. The number of nitrogens with one attached hydrogen (secondary N) is 1. The number of ether oxygens (including phenoxy) is 1. The Balaban J connectivity index is 2.55. The summed E-state index contributed by atoms with van der Waals surface area (Å²) in [5.74, 6) is 0.666. The molecule has 0 aliphatic rings. The molecule has 0 fully saturated rings. The number of carbonyl (C=O) groups excluding carboxylic acids is 1. The molecule has 0 aromatic heterocycles. The van der Waals surface area contributed by atoms with Gasteiger partial charge in [0.1, 0.15) is 5.75 Å². The molecule has 0 saturated heterocycles. The summed E-state index contributed by atoms with van der Waals surface area (Å²) in [6.07, 6.45) is -0.706. The molecule has 0 heterocycles. The molecule has 4 heteroatoms. The van der Waals surface area contributed by atoms with Crippen molar-refractivity contribution in [2.45, 2.75) is 26.9 Å². The van der Waals surface area contributed by atoms with Crippen LogP contribution in [-0.4, -0.2) is 24.7 Å². The van der Waals surface area contributed by atoms with E-state index in [2.05, 4.69) is 5.32 Å². The molecule has 2 N–H and O–H groups in total. The highest BCUT2D eigenvalue weighted by molar-refractivity contribution is 5.81. The topological polar surface area (TPSA) is 58.6 Å². The SMILES string of the molecule is COc1ccc(C(O)CNC(=O)C(C)(C)C)cc1. The normalized spacial score (nSPS) is 12.9. The third-order valence-corrected chi connectivity index (χ3v) is 2.64. The lowest BCUT2D eigenvalue weighted by Crippen LogP contribution is -2.37. The molecule has 18 heavy (non-hydrogen) atoms. The van der Waals surface area contributed by atoms with Crippen LogP contribution in [-0.2, 0) is 4.79 Å². The molecule has 4 nitrogen and oxygen atoms in total. The van der Waals surface area contributed by atoms with Crippen molar-refractivity contribution in [1.82, 2.24) is 5.32 Å². The van der Waals surface area contributed by atoms with Crippen molar-refractivity contribution in [2.75, 3.05) is 13.7 Å². The molecule has 0 aliphatic heterocycles. The first-order chi connectivity index (χ1) is 8.34. The highest BCUT2D eigenvalue weighted by Gasteiger charge is 2.21. The maximum atomic E-state index is 11.7. The van der Waals surface area contributed by atoms with Gasteiger partial charge >= 0.3 is 0 Å². The number of methoxy groups -OCH3 is 1. The molecular weight excluding hydrogens is 230 g/mol. The van der Waals surface area contributed by atoms with E-state index in [1.165, 1.54) is 0 Å². The van der Waals surface area contributed by atoms with E-state index >= 15 is 0 Å². The molecule has 1 rings (SSSR count). The van der Waals surface area contributed by atoms with Crippen LogP contribution >= 0.6 is 0 Å². The fraction of sp³-hybridized carbons (Fsp3) is 0.500. The Labute approximate surface area is 108 Å². The minimum absolute atomic E-state index is 0.0740. The fourth-order valence-corrected chi connectivity index (χ4v) is 1.40. The van der Waals surface area contributed by atoms with Gasteiger partial charge in [0.15, 0.2) is 0 Å². The summed E-state index contributed by atoms with van der Waals surface area (Å²) < 4.78 is 5.04. The van der Waals surface area contributed by atoms with E-state index in [-0.39, 0.29) is 12.5 Å². The number of benzene rings is 1. The molecule has 1 atom stereocenters. The van der Waals surface area contributed by atoms with E-state index in [9.17, 15) is 9.90 Å². The standard InChI is InChI=1S/C14H21NO3/c1-14(2,3)13(17)15-9-12(16)10-5-7-11(18-4)8-6-10/h5-8,12,16H,9H2,1-4H3,(H,15,17). The lowest BCUT2D eigenvalue weighted by molar-refractivity contribution is -0.128. The van der Waals surface area contributed by atoms with E-state index in [1.807, 2.05) is 20.8 Å². The van der Waals surface area contributed by atoms with Gasteiger partial charge in [-0.15, -0.1) is 0 Å². The number of aliphatic hydroxyl groups excluding tert-OH is 1. The van der Waals surface area contributed by atoms with Gasteiger partial charge in [0.2, 0.25) is 5.91 Å². The maximum absolute atomic E-state index is 11.7. The zero-order chi connectivity index (χ0) is 13.8. The summed E-state index contributed by atoms with van der Waals surface area (Å²) >= 11 is 0. The quantitative estimate of drug-likeness (QED) is 0.859. The number of aliphatic hydroxyl groups is 1. The Morgan fingerprint density at radius 1 is 1.33 bits per heavy atom. The molecule has 0 aliphatic carbocycles. The average Bonchev–Trinajstić information content (AvgIpc) is 2.34. The smallest absolute Gasteiger partial charge is 0.225 e. The van der Waals surface area contributed by atoms with Crippen molar-refractivity contribution in [3.8, 4) is 5.75 Å². The van der Waals surface area contributed by atoms with E-state index in [4.69, 9.17) is 4.74 Å². The van der Waals surface area contributed by atoms with Crippen LogP contribution in [0.3, 0.4) is 0 Å². The minimum Gasteiger partial charge on any atom is -0.497 e. The lowest BCUT2D eigenvalue weighted by Gasteiger charge is -2.19. The maximum Gasteiger partial charge on any atom is 0.225 e. The number of amides is 1. The van der Waals surface area contributed by atoms with Crippen molar-refractivity contribution < 1.29 is 14.6 Å². The first-order valence-corrected chi connectivity index (χ1v) is 5.95. The Hall–Kier alpha value is -1.55. The van der Waals surface area contributed by atoms with E-state index in [0.29, 0.717) is 0 Å². The van der Waals surface area contributed by atoms with Crippen molar-refractivity contribution in [2.24, 2.45) is 5.41 Å². The monoisotopic (exact) mass is 251 g/mol. The second kappa shape index (κ2) is 5.87. The highest BCUT2D eigenvalue weighted by Crippen LogP contribution is 2.18. The number of hydrogen-bond donors (Lipinski definition) is 2. The zero-order valence-corrected chi connectivity index (χ0v) is 11.4. The first kappa shape index (κ1) is 14.5. The average molecular weight is 251 g/mol. The van der Waals surface area contributed by atoms with Gasteiger partial charge in [0.25, 0.3) is 0 Å². The molecule has 1 aromatic carbocycles. The van der Waals surface area contributed by atoms with Gasteiger partial charge in [0.05, 0.1) is 13.2 Å². The Kier molecular flexibility index (Phi) is 4.73. The number of rotatable bonds is 4. The van der Waals surface area contributed by atoms with Crippen LogP contribution in [0.15, 0.2) is 24.3 Å². The van der Waals surface area contributed by atoms with Crippen molar-refractivity contribution >= 4 is 5.91 Å². The summed E-state index contributed by atoms with van der Waals surface area (Å²) in [7, 11) is 1.59. The molecular formula is C14H21NO3. The molecule has 1 amide bonds. The molecule has 100 valence electrons. The van der Waals surface area contributed by atoms with Crippen molar-refractivity contribution in [1.29, 1.82) is 0 Å². The van der Waals surface area contributed by atoms with Crippen LogP contribution in [0.4, 0.5) is 0 Å². The van der Waals surface area contributed by atoms with Crippen LogP contribution in [0.2, 0.25) is 0 Å². The highest BCUT2D eigenvalue weighted by atomic mass is 16.5. The first-order valence-electron chi connectivity index (χ1n) is 5.95. The van der Waals surface area contributed by atoms with E-state index in [1.54, 1.807) is 31.4 Å². The fourth-order valence-electron chi connectivity index (χ4n) is 1.40. The zero-order valence-electron chi connectivity index (χ0n) is 11.4. The molecule has 0 spiro atoms. The third-order valence-electron chi connectivity index (χ3n) is 2.64. The van der Waals surface area contributed by atoms with E-state index in [0.717, 1.165) is 11.3 Å². The largest absolute Gasteiger partial charge is 0.497 e. The predicted molar refractivity (Wildman–Crippen MR) is 70.4 cm³/mol. The van der Waals surface area contributed by atoms with Crippen molar-refractivity contribution in [3.05, 3.63) is 29.8 Å². The van der Waals surface area contributed by atoms with Gasteiger partial charge in [-0.2, -0.15) is 0 Å². The van der Waals surface area contributed by atoms with E-state index < -0.39 is 11.5 Å². The predicted octanol–water partition coefficient (Wildman–Crippen LogP) is 1.89. The van der Waals surface area contributed by atoms with Gasteiger partial charge in [-0.3, -0.25) is 4.79 Å². The Morgan fingerprint density at radius 2 is 1.89 bits per heavy atom. The lowest BCUT2D eigenvalue weighted by atomic mass is 9.95. The Morgan fingerprint density at radius 3 is 2.33 bits per heavy atom. The second-order valence-corrected chi connectivity index (χ2v) is 5.25. The van der Waals surface area contributed by atoms with Crippen LogP contribution in [0, 0.1) is 5.41 Å². The van der Waals surface area contributed by atoms with Crippen molar-refractivity contribution in [3.63, 3.8) is 0 Å². The number of hydrogen-bond acceptors (Lipinski definition) is 3. The Bertz CT molecular complexity index is 392. The van der Waals surface area contributed by atoms with Gasteiger partial charge in [0, 0.05) is 12.0 Å². The van der Waals surface area contributed by atoms with Gasteiger partial charge < -0.3 is 15.2 Å². The molecule has 0 bridgehead atoms. The summed E-state index contributed by atoms with van der Waals surface area (Å²) in [5, 5.41) is 12.7. The van der Waals surface area contributed by atoms with Crippen LogP contribution in [0.25, 0.3) is 0 Å². The summed E-state index contributed by atoms with van der Waals surface area (Å²) in [6, 6.07) is 7.13. The summed E-state index contributed by atoms with van der Waals surface area (Å²) in [6.45, 7) is 5.72. The molecule has 0 radical (unpaired) electrons. The van der Waals surface area contributed by atoms with Crippen LogP contribution < -0.4 is 10.1 Å². The van der Waals surface area contributed by atoms with Crippen LogP contribution in [0.5, 0.6) is 5.75 Å². The third kappa shape index (κ3) is 4.04. The molecule has 1 aromatic rings. The number of carbonyl (C=O) groups is 1.